The van der Waals surface area contributed by atoms with Crippen LogP contribution in [0, 0.1) is 6.92 Å². The van der Waals surface area contributed by atoms with Crippen molar-refractivity contribution in [2.24, 2.45) is 0 Å². The van der Waals surface area contributed by atoms with Crippen LogP contribution in [0.4, 0.5) is 0 Å². The molecule has 1 aliphatic heterocycles. The number of nitrogens with one attached hydrogen (secondary N) is 1. The molecule has 1 atom stereocenters. The Morgan fingerprint density at radius 2 is 1.71 bits per heavy atom. The van der Waals surface area contributed by atoms with Crippen molar-refractivity contribution in [3.8, 4) is 0 Å². The first-order chi connectivity index (χ1) is 16.4. The Bertz CT molecular complexity index is 1420. The van der Waals surface area contributed by atoms with Crippen LogP contribution in [0.1, 0.15) is 28.3 Å². The van der Waals surface area contributed by atoms with Gasteiger partial charge in [-0.1, -0.05) is 76.1 Å². The number of para-hydroxylation sites is 1. The number of carbonyl (C=O) groups is 2. The first-order valence-corrected chi connectivity index (χ1v) is 11.9. The molecule has 2 N–H and O–H groups in total. The summed E-state index contributed by atoms with van der Waals surface area (Å²) in [7, 11) is 0. The summed E-state index contributed by atoms with van der Waals surface area (Å²) in [6.45, 7) is 2.33. The predicted octanol–water partition coefficient (Wildman–Crippen LogP) is 5.90. The molecule has 5 nitrogen and oxygen atoms in total. The first-order valence-electron chi connectivity index (χ1n) is 11.1. The van der Waals surface area contributed by atoms with E-state index < -0.39 is 17.7 Å². The number of hydrogen-bond acceptors (Lipinski definition) is 3. The third-order valence-corrected chi connectivity index (χ3v) is 6.88. The van der Waals surface area contributed by atoms with E-state index in [0.29, 0.717) is 18.5 Å². The fourth-order valence-corrected chi connectivity index (χ4v) is 4.81. The number of likely N-dealkylation sites (tertiary alicyclic amines) is 1. The molecule has 0 bridgehead atoms. The summed E-state index contributed by atoms with van der Waals surface area (Å²) in [4.78, 5) is 31.2. The van der Waals surface area contributed by atoms with Gasteiger partial charge in [-0.25, -0.2) is 0 Å². The van der Waals surface area contributed by atoms with Crippen LogP contribution in [0.25, 0.3) is 16.7 Å². The van der Waals surface area contributed by atoms with E-state index >= 15 is 0 Å². The van der Waals surface area contributed by atoms with Crippen LogP contribution in [0.5, 0.6) is 0 Å². The summed E-state index contributed by atoms with van der Waals surface area (Å²) in [5.41, 5.74) is 4.60. The molecule has 6 heteroatoms. The number of aryl methyl sites for hydroxylation is 1. The van der Waals surface area contributed by atoms with Gasteiger partial charge in [-0.05, 0) is 42.7 Å². The highest BCUT2D eigenvalue weighted by atomic mass is 79.9. The van der Waals surface area contributed by atoms with Gasteiger partial charge in [0.25, 0.3) is 11.7 Å². The van der Waals surface area contributed by atoms with Gasteiger partial charge < -0.3 is 15.0 Å². The number of aliphatic hydroxyl groups is 1. The van der Waals surface area contributed by atoms with Crippen molar-refractivity contribution in [2.45, 2.75) is 19.4 Å². The minimum absolute atomic E-state index is 0.120. The quantitative estimate of drug-likeness (QED) is 0.197. The lowest BCUT2D eigenvalue weighted by atomic mass is 9.94. The van der Waals surface area contributed by atoms with Crippen molar-refractivity contribution in [1.29, 1.82) is 0 Å². The average molecular weight is 515 g/mol. The summed E-state index contributed by atoms with van der Waals surface area (Å²) in [6.07, 6.45) is 2.53. The monoisotopic (exact) mass is 514 g/mol. The average Bonchev–Trinajstić information content (AvgIpc) is 3.37. The van der Waals surface area contributed by atoms with E-state index in [1.54, 1.807) is 29.2 Å². The Balaban J connectivity index is 1.56. The number of rotatable bonds is 5. The Hall–Kier alpha value is -3.64. The maximum absolute atomic E-state index is 13.2. The lowest BCUT2D eigenvalue weighted by molar-refractivity contribution is -0.139. The van der Waals surface area contributed by atoms with E-state index in [2.05, 4.69) is 20.9 Å². The third kappa shape index (κ3) is 3.94. The zero-order chi connectivity index (χ0) is 23.8. The fraction of sp³-hybridized carbons (Fsp3) is 0.143. The van der Waals surface area contributed by atoms with Crippen molar-refractivity contribution < 1.29 is 14.7 Å². The highest BCUT2D eigenvalue weighted by Crippen LogP contribution is 2.39. The van der Waals surface area contributed by atoms with Crippen LogP contribution in [0.15, 0.2) is 89.0 Å². The summed E-state index contributed by atoms with van der Waals surface area (Å²) in [5.74, 6) is -1.42. The second kappa shape index (κ2) is 8.95. The van der Waals surface area contributed by atoms with Crippen molar-refractivity contribution in [2.75, 3.05) is 6.54 Å². The van der Waals surface area contributed by atoms with Gasteiger partial charge in [-0.3, -0.25) is 9.59 Å². The molecular formula is C28H23BrN2O3. The summed E-state index contributed by atoms with van der Waals surface area (Å²) < 4.78 is 0.860. The highest BCUT2D eigenvalue weighted by molar-refractivity contribution is 9.10. The molecule has 0 aliphatic carbocycles. The zero-order valence-electron chi connectivity index (χ0n) is 18.6. The van der Waals surface area contributed by atoms with Gasteiger partial charge in [0.2, 0.25) is 0 Å². The maximum atomic E-state index is 13.2. The lowest BCUT2D eigenvalue weighted by Crippen LogP contribution is -2.31. The Labute approximate surface area is 205 Å². The molecule has 34 heavy (non-hydrogen) atoms. The van der Waals surface area contributed by atoms with Gasteiger partial charge in [-0.2, -0.15) is 0 Å². The molecule has 1 saturated heterocycles. The zero-order valence-corrected chi connectivity index (χ0v) is 20.2. The molecular weight excluding hydrogens is 492 g/mol. The van der Waals surface area contributed by atoms with Crippen molar-refractivity contribution in [3.63, 3.8) is 0 Å². The maximum Gasteiger partial charge on any atom is 0.295 e. The number of ketones is 1. The molecule has 1 fully saturated rings. The van der Waals surface area contributed by atoms with Crippen LogP contribution in [0.3, 0.4) is 0 Å². The molecule has 5 rings (SSSR count). The molecule has 3 aromatic carbocycles. The van der Waals surface area contributed by atoms with Crippen molar-refractivity contribution in [3.05, 3.63) is 111 Å². The van der Waals surface area contributed by atoms with E-state index in [-0.39, 0.29) is 11.3 Å². The smallest absolute Gasteiger partial charge is 0.295 e. The number of nitrogens with zero attached hydrogens (tertiary/aromatic N) is 1. The number of amides is 1. The number of benzene rings is 3. The van der Waals surface area contributed by atoms with E-state index in [0.717, 1.165) is 32.1 Å². The molecule has 4 aromatic rings. The second-order valence-corrected chi connectivity index (χ2v) is 9.44. The van der Waals surface area contributed by atoms with Crippen LogP contribution in [-0.4, -0.2) is 33.2 Å². The predicted molar refractivity (Wildman–Crippen MR) is 136 cm³/mol. The summed E-state index contributed by atoms with van der Waals surface area (Å²) >= 11 is 3.39. The molecule has 1 amide bonds. The minimum atomic E-state index is -0.662. The van der Waals surface area contributed by atoms with Gasteiger partial charge in [0, 0.05) is 33.7 Å². The third-order valence-electron chi connectivity index (χ3n) is 6.35. The van der Waals surface area contributed by atoms with Crippen LogP contribution < -0.4 is 0 Å². The largest absolute Gasteiger partial charge is 0.507 e. The summed E-state index contributed by atoms with van der Waals surface area (Å²) in [5, 5.41) is 12.3. The molecule has 1 unspecified atom stereocenters. The molecule has 170 valence electrons. The number of aromatic nitrogens is 1. The SMILES string of the molecule is Cc1ccc(C2C(=C(O)c3ccc(Br)cc3)C(=O)C(=O)N2CCc2c[nH]c3ccccc23)cc1. The summed E-state index contributed by atoms with van der Waals surface area (Å²) in [6, 6.07) is 22.1. The molecule has 0 radical (unpaired) electrons. The van der Waals surface area contributed by atoms with E-state index in [1.807, 2.05) is 61.7 Å². The number of aromatic amines is 1. The topological polar surface area (TPSA) is 73.4 Å². The molecule has 0 spiro atoms. The van der Waals surface area contributed by atoms with E-state index in [4.69, 9.17) is 0 Å². The number of aliphatic hydroxyl groups excluding tert-OH is 1. The lowest BCUT2D eigenvalue weighted by Gasteiger charge is -2.25. The van der Waals surface area contributed by atoms with Crippen molar-refractivity contribution >= 4 is 44.3 Å². The van der Waals surface area contributed by atoms with Gasteiger partial charge in [0.15, 0.2) is 0 Å². The Kier molecular flexibility index (Phi) is 5.84. The van der Waals surface area contributed by atoms with Gasteiger partial charge in [-0.15, -0.1) is 0 Å². The minimum Gasteiger partial charge on any atom is -0.507 e. The van der Waals surface area contributed by atoms with Gasteiger partial charge in [0.1, 0.15) is 5.76 Å². The molecule has 1 aliphatic rings. The Morgan fingerprint density at radius 1 is 1.00 bits per heavy atom. The fourth-order valence-electron chi connectivity index (χ4n) is 4.55. The Morgan fingerprint density at radius 3 is 2.44 bits per heavy atom. The number of fused-ring (bicyclic) bond motifs is 1. The normalized spacial score (nSPS) is 17.6. The number of carbonyl (C=O) groups excluding carboxylic acids is 2. The van der Waals surface area contributed by atoms with E-state index in [1.165, 1.54) is 0 Å². The van der Waals surface area contributed by atoms with Crippen molar-refractivity contribution in [1.82, 2.24) is 9.88 Å². The molecule has 0 saturated carbocycles. The number of halogens is 1. The first kappa shape index (κ1) is 22.2. The van der Waals surface area contributed by atoms with Crippen LogP contribution in [0.2, 0.25) is 0 Å². The highest BCUT2D eigenvalue weighted by Gasteiger charge is 2.45. The van der Waals surface area contributed by atoms with Crippen LogP contribution >= 0.6 is 15.9 Å². The standard InChI is InChI=1S/C28H23BrN2O3/c1-17-6-8-18(9-7-17)25-24(26(32)19-10-12-21(29)13-11-19)27(33)28(34)31(25)15-14-20-16-30-23-5-3-2-4-22(20)23/h2-13,16,25,30,32H,14-15H2,1H3. The number of H-pyrrole nitrogens is 1. The van der Waals surface area contributed by atoms with Crippen LogP contribution in [-0.2, 0) is 16.0 Å². The number of Topliss-reactive ketones (excluding diaryl/α,β-unsaturated/α-hetero) is 1. The molecule has 2 heterocycles. The van der Waals surface area contributed by atoms with Gasteiger partial charge in [0.05, 0.1) is 11.6 Å². The van der Waals surface area contributed by atoms with Gasteiger partial charge >= 0.3 is 0 Å². The number of hydrogen-bond donors (Lipinski definition) is 2. The van der Waals surface area contributed by atoms with E-state index in [9.17, 15) is 14.7 Å². The molecule has 1 aromatic heterocycles. The second-order valence-electron chi connectivity index (χ2n) is 8.52.